The summed E-state index contributed by atoms with van der Waals surface area (Å²) in [6.07, 6.45) is 6.48. The van der Waals surface area contributed by atoms with E-state index in [1.54, 1.807) is 0 Å². The summed E-state index contributed by atoms with van der Waals surface area (Å²) in [4.78, 5) is 0. The number of nitrogens with two attached hydrogens (primary N) is 1. The van der Waals surface area contributed by atoms with Gasteiger partial charge in [-0.3, -0.25) is 0 Å². The van der Waals surface area contributed by atoms with E-state index in [1.165, 1.54) is 25.7 Å². The Morgan fingerprint density at radius 1 is 1.42 bits per heavy atom. The lowest BCUT2D eigenvalue weighted by Gasteiger charge is -2.27. The quantitative estimate of drug-likeness (QED) is 0.673. The van der Waals surface area contributed by atoms with Crippen LogP contribution in [-0.2, 0) is 0 Å². The summed E-state index contributed by atoms with van der Waals surface area (Å²) in [7, 11) is 0. The molecule has 2 heteroatoms. The Hall–Kier alpha value is -0.0800. The molecule has 0 aromatic heterocycles. The molecular formula is C10H22N2. The van der Waals surface area contributed by atoms with Gasteiger partial charge in [-0.25, -0.2) is 0 Å². The summed E-state index contributed by atoms with van der Waals surface area (Å²) in [5, 5.41) is 3.58. The average molecular weight is 170 g/mol. The monoisotopic (exact) mass is 170 g/mol. The van der Waals surface area contributed by atoms with Crippen LogP contribution >= 0.6 is 0 Å². The highest BCUT2D eigenvalue weighted by Crippen LogP contribution is 2.28. The molecule has 1 aliphatic rings. The Morgan fingerprint density at radius 2 is 2.00 bits per heavy atom. The molecule has 0 bridgehead atoms. The van der Waals surface area contributed by atoms with E-state index in [-0.39, 0.29) is 0 Å². The van der Waals surface area contributed by atoms with Gasteiger partial charge in [0.25, 0.3) is 0 Å². The van der Waals surface area contributed by atoms with Crippen molar-refractivity contribution in [1.82, 2.24) is 5.32 Å². The van der Waals surface area contributed by atoms with Gasteiger partial charge in [-0.15, -0.1) is 0 Å². The lowest BCUT2D eigenvalue weighted by Crippen LogP contribution is -2.45. The molecule has 0 aromatic carbocycles. The maximum atomic E-state index is 5.85. The molecule has 0 spiro atoms. The molecule has 0 saturated heterocycles. The third-order valence-electron chi connectivity index (χ3n) is 3.02. The molecule has 1 fully saturated rings. The number of hydrogen-bond acceptors (Lipinski definition) is 2. The van der Waals surface area contributed by atoms with Gasteiger partial charge in [0.1, 0.15) is 0 Å². The molecule has 12 heavy (non-hydrogen) atoms. The van der Waals surface area contributed by atoms with Gasteiger partial charge in [-0.2, -0.15) is 0 Å². The standard InChI is InChI=1S/C10H22N2/c1-3-9(11)8-12-10(2)6-4-5-7-10/h9,12H,3-8,11H2,1-2H3. The van der Waals surface area contributed by atoms with E-state index < -0.39 is 0 Å². The van der Waals surface area contributed by atoms with Gasteiger partial charge in [-0.1, -0.05) is 19.8 Å². The van der Waals surface area contributed by atoms with Crippen LogP contribution < -0.4 is 11.1 Å². The van der Waals surface area contributed by atoms with Crippen LogP contribution in [0, 0.1) is 0 Å². The second kappa shape index (κ2) is 4.24. The first-order valence-corrected chi connectivity index (χ1v) is 5.17. The van der Waals surface area contributed by atoms with Gasteiger partial charge in [-0.05, 0) is 26.2 Å². The Morgan fingerprint density at radius 3 is 2.50 bits per heavy atom. The topological polar surface area (TPSA) is 38.0 Å². The summed E-state index contributed by atoms with van der Waals surface area (Å²) in [5.41, 5.74) is 6.24. The first-order valence-electron chi connectivity index (χ1n) is 5.17. The van der Waals surface area contributed by atoms with Crippen LogP contribution in [0.1, 0.15) is 46.0 Å². The first kappa shape index (κ1) is 10.0. The first-order chi connectivity index (χ1) is 5.66. The van der Waals surface area contributed by atoms with Gasteiger partial charge in [0.2, 0.25) is 0 Å². The minimum absolute atomic E-state index is 0.336. The second-order valence-corrected chi connectivity index (χ2v) is 4.32. The molecule has 0 amide bonds. The van der Waals surface area contributed by atoms with Crippen molar-refractivity contribution < 1.29 is 0 Å². The zero-order chi connectivity index (χ0) is 9.03. The maximum absolute atomic E-state index is 5.85. The molecule has 0 heterocycles. The van der Waals surface area contributed by atoms with Gasteiger partial charge in [0.15, 0.2) is 0 Å². The van der Waals surface area contributed by atoms with Crippen molar-refractivity contribution in [3.8, 4) is 0 Å². The minimum atomic E-state index is 0.336. The molecule has 0 aliphatic heterocycles. The van der Waals surface area contributed by atoms with Crippen LogP contribution in [0.4, 0.5) is 0 Å². The predicted molar refractivity (Wildman–Crippen MR) is 53.1 cm³/mol. The molecule has 1 saturated carbocycles. The van der Waals surface area contributed by atoms with E-state index in [9.17, 15) is 0 Å². The van der Waals surface area contributed by atoms with Gasteiger partial charge >= 0.3 is 0 Å². The fraction of sp³-hybridized carbons (Fsp3) is 1.00. The van der Waals surface area contributed by atoms with Crippen LogP contribution in [0.25, 0.3) is 0 Å². The van der Waals surface area contributed by atoms with Crippen LogP contribution in [-0.4, -0.2) is 18.1 Å². The Kier molecular flexibility index (Phi) is 3.53. The molecule has 1 unspecified atom stereocenters. The van der Waals surface area contributed by atoms with Crippen molar-refractivity contribution in [3.05, 3.63) is 0 Å². The van der Waals surface area contributed by atoms with Crippen molar-refractivity contribution in [2.24, 2.45) is 5.73 Å². The fourth-order valence-electron chi connectivity index (χ4n) is 1.85. The van der Waals surface area contributed by atoms with Crippen LogP contribution in [0.15, 0.2) is 0 Å². The molecule has 1 atom stereocenters. The molecule has 3 N–H and O–H groups in total. The lowest BCUT2D eigenvalue weighted by atomic mass is 10.0. The van der Waals surface area contributed by atoms with E-state index in [0.717, 1.165) is 13.0 Å². The minimum Gasteiger partial charge on any atom is -0.327 e. The number of nitrogens with one attached hydrogen (secondary N) is 1. The number of hydrogen-bond donors (Lipinski definition) is 2. The summed E-state index contributed by atoms with van der Waals surface area (Å²) in [6, 6.07) is 0.336. The normalized spacial score (nSPS) is 24.2. The van der Waals surface area contributed by atoms with Crippen LogP contribution in [0.5, 0.6) is 0 Å². The molecular weight excluding hydrogens is 148 g/mol. The van der Waals surface area contributed by atoms with Gasteiger partial charge in [0.05, 0.1) is 0 Å². The van der Waals surface area contributed by atoms with E-state index in [0.29, 0.717) is 11.6 Å². The predicted octanol–water partition coefficient (Wildman–Crippen LogP) is 1.65. The summed E-state index contributed by atoms with van der Waals surface area (Å²) in [5.74, 6) is 0. The highest BCUT2D eigenvalue weighted by molar-refractivity contribution is 4.88. The Bertz CT molecular complexity index is 128. The SMILES string of the molecule is CCC(N)CNC1(C)CCCC1. The smallest absolute Gasteiger partial charge is 0.0162 e. The molecule has 1 rings (SSSR count). The Balaban J connectivity index is 2.21. The largest absolute Gasteiger partial charge is 0.327 e. The fourth-order valence-corrected chi connectivity index (χ4v) is 1.85. The van der Waals surface area contributed by atoms with Crippen molar-refractivity contribution in [2.45, 2.75) is 57.5 Å². The average Bonchev–Trinajstić information content (AvgIpc) is 2.49. The van der Waals surface area contributed by atoms with Gasteiger partial charge < -0.3 is 11.1 Å². The van der Waals surface area contributed by atoms with E-state index >= 15 is 0 Å². The molecule has 0 aromatic rings. The Labute approximate surface area is 75.9 Å². The third-order valence-corrected chi connectivity index (χ3v) is 3.02. The summed E-state index contributed by atoms with van der Waals surface area (Å²) < 4.78 is 0. The van der Waals surface area contributed by atoms with Crippen LogP contribution in [0.2, 0.25) is 0 Å². The molecule has 2 nitrogen and oxygen atoms in total. The lowest BCUT2D eigenvalue weighted by molar-refractivity contribution is 0.350. The molecule has 1 aliphatic carbocycles. The van der Waals surface area contributed by atoms with E-state index in [4.69, 9.17) is 5.73 Å². The van der Waals surface area contributed by atoms with Gasteiger partial charge in [0, 0.05) is 18.1 Å². The van der Waals surface area contributed by atoms with Crippen molar-refractivity contribution in [2.75, 3.05) is 6.54 Å². The van der Waals surface area contributed by atoms with Crippen LogP contribution in [0.3, 0.4) is 0 Å². The zero-order valence-corrected chi connectivity index (χ0v) is 8.40. The van der Waals surface area contributed by atoms with Crippen molar-refractivity contribution in [3.63, 3.8) is 0 Å². The number of rotatable bonds is 4. The molecule has 0 radical (unpaired) electrons. The highest BCUT2D eigenvalue weighted by atomic mass is 15.0. The molecule has 72 valence electrons. The summed E-state index contributed by atoms with van der Waals surface area (Å²) >= 11 is 0. The highest BCUT2D eigenvalue weighted by Gasteiger charge is 2.27. The maximum Gasteiger partial charge on any atom is 0.0162 e. The van der Waals surface area contributed by atoms with Crippen molar-refractivity contribution in [1.29, 1.82) is 0 Å². The summed E-state index contributed by atoms with van der Waals surface area (Å²) in [6.45, 7) is 5.44. The van der Waals surface area contributed by atoms with E-state index in [2.05, 4.69) is 19.2 Å². The third kappa shape index (κ3) is 2.76. The zero-order valence-electron chi connectivity index (χ0n) is 8.40. The van der Waals surface area contributed by atoms with E-state index in [1.807, 2.05) is 0 Å². The van der Waals surface area contributed by atoms with Crippen molar-refractivity contribution >= 4 is 0 Å². The second-order valence-electron chi connectivity index (χ2n) is 4.32.